The summed E-state index contributed by atoms with van der Waals surface area (Å²) in [5.74, 6) is 2.20. The number of aliphatic hydroxyl groups excluding tert-OH is 1. The number of rotatable bonds is 7. The summed E-state index contributed by atoms with van der Waals surface area (Å²) in [4.78, 5) is 20.7. The Kier molecular flexibility index (Phi) is 8.49. The molecule has 6 heteroatoms. The van der Waals surface area contributed by atoms with Crippen molar-refractivity contribution in [3.8, 4) is 17.0 Å². The van der Waals surface area contributed by atoms with E-state index in [9.17, 15) is 9.90 Å². The molecular formula is C32H40N2O3S. The van der Waals surface area contributed by atoms with E-state index in [1.807, 2.05) is 13.0 Å². The average molecular weight is 533 g/mol. The Bertz CT molecular complexity index is 1240. The zero-order valence-electron chi connectivity index (χ0n) is 22.9. The number of carbonyl (C=O) groups excluding carboxylic acids is 1. The van der Waals surface area contributed by atoms with Crippen molar-refractivity contribution in [2.45, 2.75) is 77.2 Å². The van der Waals surface area contributed by atoms with Crippen molar-refractivity contribution in [2.75, 3.05) is 18.6 Å². The molecule has 1 N–H and O–H groups in total. The van der Waals surface area contributed by atoms with Crippen LogP contribution in [0.5, 0.6) is 5.75 Å². The van der Waals surface area contributed by atoms with E-state index in [4.69, 9.17) is 4.74 Å². The van der Waals surface area contributed by atoms with Crippen LogP contribution >= 0.6 is 11.3 Å². The molecule has 1 amide bonds. The van der Waals surface area contributed by atoms with Gasteiger partial charge in [-0.2, -0.15) is 0 Å². The number of aryl methyl sites for hydroxylation is 2. The van der Waals surface area contributed by atoms with E-state index in [2.05, 4.69) is 58.6 Å². The van der Waals surface area contributed by atoms with Crippen LogP contribution in [-0.2, 0) is 4.79 Å². The SMILES string of the molecule is COc1ccc([C@H]2CC[C@H](CN(c3cccc(-c4csc(C)n4)c3)C(=O)[C@H]3CC[C@H](O)CC3)CC2)cc1C. The van der Waals surface area contributed by atoms with Crippen LogP contribution < -0.4 is 9.64 Å². The second-order valence-corrected chi connectivity index (χ2v) is 12.3. The summed E-state index contributed by atoms with van der Waals surface area (Å²) in [6.07, 6.45) is 7.24. The Labute approximate surface area is 230 Å². The number of methoxy groups -OCH3 is 1. The average Bonchev–Trinajstić information content (AvgIpc) is 3.38. The molecule has 38 heavy (non-hydrogen) atoms. The van der Waals surface area contributed by atoms with E-state index in [1.54, 1.807) is 18.4 Å². The Balaban J connectivity index is 1.32. The van der Waals surface area contributed by atoms with Crippen LogP contribution in [0.15, 0.2) is 47.8 Å². The first-order valence-electron chi connectivity index (χ1n) is 14.1. The minimum absolute atomic E-state index is 0.0119. The third kappa shape index (κ3) is 6.13. The number of nitrogens with zero attached hydrogens (tertiary/aromatic N) is 2. The van der Waals surface area contributed by atoms with Gasteiger partial charge in [0, 0.05) is 29.1 Å². The molecule has 0 spiro atoms. The van der Waals surface area contributed by atoms with Gasteiger partial charge in [0.2, 0.25) is 5.91 Å². The van der Waals surface area contributed by atoms with Crippen molar-refractivity contribution in [1.82, 2.24) is 4.98 Å². The van der Waals surface area contributed by atoms with Crippen molar-refractivity contribution in [3.05, 3.63) is 64.0 Å². The van der Waals surface area contributed by atoms with Gasteiger partial charge in [0.15, 0.2) is 0 Å². The highest BCUT2D eigenvalue weighted by Crippen LogP contribution is 2.39. The molecule has 0 bridgehead atoms. The van der Waals surface area contributed by atoms with Gasteiger partial charge in [-0.1, -0.05) is 24.3 Å². The Morgan fingerprint density at radius 3 is 2.45 bits per heavy atom. The topological polar surface area (TPSA) is 62.7 Å². The van der Waals surface area contributed by atoms with Gasteiger partial charge in [0.05, 0.1) is 23.9 Å². The second kappa shape index (κ2) is 12.0. The summed E-state index contributed by atoms with van der Waals surface area (Å²) in [5, 5.41) is 13.2. The molecule has 202 valence electrons. The Morgan fingerprint density at radius 1 is 1.03 bits per heavy atom. The molecule has 5 rings (SSSR count). The Hall–Kier alpha value is -2.70. The van der Waals surface area contributed by atoms with Crippen LogP contribution in [0.4, 0.5) is 5.69 Å². The maximum atomic E-state index is 13.9. The molecule has 0 atom stereocenters. The molecule has 0 aliphatic heterocycles. The lowest BCUT2D eigenvalue weighted by atomic mass is 9.78. The van der Waals surface area contributed by atoms with E-state index < -0.39 is 0 Å². The van der Waals surface area contributed by atoms with Crippen LogP contribution in [0, 0.1) is 25.7 Å². The molecule has 0 unspecified atom stereocenters. The highest BCUT2D eigenvalue weighted by molar-refractivity contribution is 7.09. The molecule has 2 saturated carbocycles. The number of aliphatic hydroxyl groups is 1. The van der Waals surface area contributed by atoms with Gasteiger partial charge in [-0.15, -0.1) is 11.3 Å². The maximum absolute atomic E-state index is 13.9. The van der Waals surface area contributed by atoms with Gasteiger partial charge >= 0.3 is 0 Å². The number of amides is 1. The minimum atomic E-state index is -0.263. The molecule has 2 fully saturated rings. The van der Waals surface area contributed by atoms with E-state index in [1.165, 1.54) is 11.1 Å². The standard InChI is InChI=1S/C32H40N2O3S/c1-21-17-26(13-16-31(21)37-3)24-9-7-23(8-10-24)19-34(32(36)25-11-14-29(35)15-12-25)28-6-4-5-27(18-28)30-20-38-22(2)33-30/h4-6,13,16-18,20,23-25,29,35H,7-12,14-15,19H2,1-3H3/t23-,24-,25-,29-. The summed E-state index contributed by atoms with van der Waals surface area (Å²) in [7, 11) is 1.73. The van der Waals surface area contributed by atoms with Gasteiger partial charge in [-0.25, -0.2) is 4.98 Å². The molecule has 0 saturated heterocycles. The van der Waals surface area contributed by atoms with Gasteiger partial charge in [-0.05, 0) is 106 Å². The number of hydrogen-bond acceptors (Lipinski definition) is 5. The van der Waals surface area contributed by atoms with E-state index in [-0.39, 0.29) is 17.9 Å². The zero-order chi connectivity index (χ0) is 26.6. The van der Waals surface area contributed by atoms with Gasteiger partial charge in [0.25, 0.3) is 0 Å². The minimum Gasteiger partial charge on any atom is -0.496 e. The van der Waals surface area contributed by atoms with Gasteiger partial charge in [0.1, 0.15) is 5.75 Å². The van der Waals surface area contributed by atoms with Gasteiger partial charge < -0.3 is 14.7 Å². The summed E-state index contributed by atoms with van der Waals surface area (Å²) in [6, 6.07) is 14.9. The normalized spacial score (nSPS) is 23.7. The van der Waals surface area contributed by atoms with Crippen LogP contribution in [0.2, 0.25) is 0 Å². The Morgan fingerprint density at radius 2 is 1.79 bits per heavy atom. The molecule has 1 aromatic heterocycles. The maximum Gasteiger partial charge on any atom is 0.230 e. The summed E-state index contributed by atoms with van der Waals surface area (Å²) < 4.78 is 5.45. The van der Waals surface area contributed by atoms with Gasteiger partial charge in [-0.3, -0.25) is 4.79 Å². The number of benzene rings is 2. The quantitative estimate of drug-likeness (QED) is 0.347. The van der Waals surface area contributed by atoms with Crippen molar-refractivity contribution in [2.24, 2.45) is 11.8 Å². The summed E-state index contributed by atoms with van der Waals surface area (Å²) in [6.45, 7) is 4.89. The third-order valence-corrected chi connectivity index (χ3v) is 9.34. The molecule has 5 nitrogen and oxygen atoms in total. The number of carbonyl (C=O) groups is 1. The lowest BCUT2D eigenvalue weighted by Crippen LogP contribution is -2.41. The van der Waals surface area contributed by atoms with Crippen LogP contribution in [-0.4, -0.2) is 35.8 Å². The third-order valence-electron chi connectivity index (χ3n) is 8.56. The van der Waals surface area contributed by atoms with E-state index in [0.29, 0.717) is 11.8 Å². The molecule has 1 heterocycles. The predicted octanol–water partition coefficient (Wildman–Crippen LogP) is 7.29. The predicted molar refractivity (Wildman–Crippen MR) is 155 cm³/mol. The second-order valence-electron chi connectivity index (χ2n) is 11.2. The molecule has 2 aromatic carbocycles. The molecular weight excluding hydrogens is 492 g/mol. The molecule has 2 aliphatic rings. The van der Waals surface area contributed by atoms with Crippen LogP contribution in [0.1, 0.15) is 73.4 Å². The largest absolute Gasteiger partial charge is 0.496 e. The number of anilines is 1. The number of aromatic nitrogens is 1. The van der Waals surface area contributed by atoms with Crippen LogP contribution in [0.25, 0.3) is 11.3 Å². The number of ether oxygens (including phenoxy) is 1. The number of thiazole rings is 1. The highest BCUT2D eigenvalue weighted by atomic mass is 32.1. The first-order valence-corrected chi connectivity index (χ1v) is 15.0. The first-order chi connectivity index (χ1) is 18.4. The first kappa shape index (κ1) is 26.9. The smallest absolute Gasteiger partial charge is 0.230 e. The zero-order valence-corrected chi connectivity index (χ0v) is 23.7. The lowest BCUT2D eigenvalue weighted by molar-refractivity contribution is -0.124. The van der Waals surface area contributed by atoms with Crippen molar-refractivity contribution in [3.63, 3.8) is 0 Å². The van der Waals surface area contributed by atoms with E-state index in [0.717, 1.165) is 85.6 Å². The molecule has 2 aliphatic carbocycles. The summed E-state index contributed by atoms with van der Waals surface area (Å²) in [5.41, 5.74) is 5.59. The highest BCUT2D eigenvalue weighted by Gasteiger charge is 2.32. The molecule has 3 aromatic rings. The van der Waals surface area contributed by atoms with E-state index >= 15 is 0 Å². The lowest BCUT2D eigenvalue weighted by Gasteiger charge is -2.36. The molecule has 0 radical (unpaired) electrons. The fourth-order valence-corrected chi connectivity index (χ4v) is 6.91. The van der Waals surface area contributed by atoms with Crippen molar-refractivity contribution in [1.29, 1.82) is 0 Å². The fraction of sp³-hybridized carbons (Fsp3) is 0.500. The monoisotopic (exact) mass is 532 g/mol. The van der Waals surface area contributed by atoms with Crippen LogP contribution in [0.3, 0.4) is 0 Å². The summed E-state index contributed by atoms with van der Waals surface area (Å²) >= 11 is 1.65. The van der Waals surface area contributed by atoms with Crippen molar-refractivity contribution < 1.29 is 14.6 Å². The fourth-order valence-electron chi connectivity index (χ4n) is 6.29. The van der Waals surface area contributed by atoms with Crippen molar-refractivity contribution >= 4 is 22.9 Å². The number of hydrogen-bond donors (Lipinski definition) is 1.